The highest BCUT2D eigenvalue weighted by molar-refractivity contribution is 6.09. The third-order valence-corrected chi connectivity index (χ3v) is 10.2. The summed E-state index contributed by atoms with van der Waals surface area (Å²) < 4.78 is 0. The normalized spacial score (nSPS) is 13.4. The van der Waals surface area contributed by atoms with Gasteiger partial charge in [0.2, 0.25) is 0 Å². The van der Waals surface area contributed by atoms with Gasteiger partial charge in [0.1, 0.15) is 0 Å². The summed E-state index contributed by atoms with van der Waals surface area (Å²) in [6.07, 6.45) is 0. The molecule has 0 radical (unpaired) electrons. The van der Waals surface area contributed by atoms with Crippen molar-refractivity contribution in [2.45, 2.75) is 5.41 Å². The highest BCUT2D eigenvalue weighted by Crippen LogP contribution is 2.63. The van der Waals surface area contributed by atoms with Gasteiger partial charge in [0.05, 0.1) is 5.41 Å². The van der Waals surface area contributed by atoms with Gasteiger partial charge in [0.15, 0.2) is 0 Å². The number of anilines is 3. The lowest BCUT2D eigenvalue weighted by atomic mass is 9.70. The van der Waals surface area contributed by atoms with Crippen molar-refractivity contribution in [2.75, 3.05) is 4.90 Å². The van der Waals surface area contributed by atoms with Crippen molar-refractivity contribution in [3.63, 3.8) is 0 Å². The van der Waals surface area contributed by atoms with Gasteiger partial charge in [0, 0.05) is 17.1 Å². The second-order valence-electron chi connectivity index (χ2n) is 12.5. The number of hydrogen-bond donors (Lipinski definition) is 0. The van der Waals surface area contributed by atoms with Crippen LogP contribution in [0.2, 0.25) is 0 Å². The Hall–Kier alpha value is -5.92. The van der Waals surface area contributed by atoms with Crippen LogP contribution < -0.4 is 4.90 Å². The molecule has 0 saturated heterocycles. The minimum atomic E-state index is -0.336. The molecule has 0 aliphatic heterocycles. The van der Waals surface area contributed by atoms with Crippen LogP contribution in [0.4, 0.5) is 17.1 Å². The van der Waals surface area contributed by atoms with Crippen molar-refractivity contribution in [1.29, 1.82) is 0 Å². The quantitative estimate of drug-likeness (QED) is 0.187. The Morgan fingerprint density at radius 3 is 1.48 bits per heavy atom. The first-order valence-electron chi connectivity index (χ1n) is 16.0. The molecular formula is C45H29N. The van der Waals surface area contributed by atoms with Crippen molar-refractivity contribution in [3.05, 3.63) is 198 Å². The Morgan fingerprint density at radius 2 is 0.783 bits per heavy atom. The summed E-state index contributed by atoms with van der Waals surface area (Å²) >= 11 is 0. The lowest BCUT2D eigenvalue weighted by Gasteiger charge is -2.31. The van der Waals surface area contributed by atoms with E-state index >= 15 is 0 Å². The molecule has 0 amide bonds. The van der Waals surface area contributed by atoms with Crippen LogP contribution in [0.1, 0.15) is 22.3 Å². The van der Waals surface area contributed by atoms with Gasteiger partial charge in [-0.25, -0.2) is 0 Å². The fraction of sp³-hybridized carbons (Fsp3) is 0.0222. The van der Waals surface area contributed by atoms with E-state index in [0.29, 0.717) is 0 Å². The van der Waals surface area contributed by atoms with E-state index in [1.165, 1.54) is 66.1 Å². The summed E-state index contributed by atoms with van der Waals surface area (Å²) in [6, 6.07) is 65.0. The Labute approximate surface area is 268 Å². The average Bonchev–Trinajstić information content (AvgIpc) is 3.59. The Balaban J connectivity index is 1.23. The fourth-order valence-electron chi connectivity index (χ4n) is 8.38. The van der Waals surface area contributed by atoms with Gasteiger partial charge in [-0.05, 0) is 102 Å². The molecule has 0 fully saturated rings. The van der Waals surface area contributed by atoms with E-state index in [1.807, 2.05) is 0 Å². The first-order chi connectivity index (χ1) is 22.8. The zero-order valence-electron chi connectivity index (χ0n) is 25.2. The summed E-state index contributed by atoms with van der Waals surface area (Å²) in [4.78, 5) is 2.41. The van der Waals surface area contributed by atoms with E-state index in [0.717, 1.165) is 17.1 Å². The smallest absolute Gasteiger partial charge is 0.0725 e. The third kappa shape index (κ3) is 3.35. The molecule has 0 saturated carbocycles. The minimum absolute atomic E-state index is 0.336. The molecular weight excluding hydrogens is 555 g/mol. The van der Waals surface area contributed by atoms with Gasteiger partial charge < -0.3 is 4.90 Å². The Morgan fingerprint density at radius 1 is 0.304 bits per heavy atom. The largest absolute Gasteiger partial charge is 0.310 e. The number of nitrogens with zero attached hydrogens (tertiary/aromatic N) is 1. The van der Waals surface area contributed by atoms with Crippen LogP contribution >= 0.6 is 0 Å². The maximum Gasteiger partial charge on any atom is 0.0725 e. The standard InChI is InChI=1S/C45H29N/c1-2-13-32(14-3-1)46(33-25-24-31-23-22-30-12-4-5-15-35(30)39(31)28-33)34-26-27-44-40(29-34)38-18-8-11-21-43(38)45(44)41-19-9-6-16-36(41)37-17-7-10-20-42(37)45/h1-29H. The van der Waals surface area contributed by atoms with Crippen LogP contribution in [-0.4, -0.2) is 0 Å². The maximum absolute atomic E-state index is 2.42. The molecule has 2 aliphatic rings. The second-order valence-corrected chi connectivity index (χ2v) is 12.5. The first-order valence-corrected chi connectivity index (χ1v) is 16.0. The molecule has 2 aliphatic carbocycles. The molecule has 214 valence electrons. The average molecular weight is 584 g/mol. The van der Waals surface area contributed by atoms with Crippen molar-refractivity contribution >= 4 is 38.6 Å². The Kier molecular flexibility index (Phi) is 5.27. The van der Waals surface area contributed by atoms with Gasteiger partial charge in [-0.1, -0.05) is 140 Å². The number of benzene rings is 8. The number of fused-ring (bicyclic) bond motifs is 13. The molecule has 1 spiro atoms. The van der Waals surface area contributed by atoms with E-state index in [-0.39, 0.29) is 5.41 Å². The summed E-state index contributed by atoms with van der Waals surface area (Å²) in [5.41, 5.74) is 13.8. The molecule has 8 aromatic rings. The zero-order valence-corrected chi connectivity index (χ0v) is 25.2. The highest BCUT2D eigenvalue weighted by atomic mass is 15.1. The summed E-state index contributed by atoms with van der Waals surface area (Å²) in [7, 11) is 0. The van der Waals surface area contributed by atoms with Gasteiger partial charge in [-0.3, -0.25) is 0 Å². The van der Waals surface area contributed by atoms with Crippen LogP contribution in [0.3, 0.4) is 0 Å². The lowest BCUT2D eigenvalue weighted by molar-refractivity contribution is 0.794. The summed E-state index contributed by atoms with van der Waals surface area (Å²) in [6.45, 7) is 0. The van der Waals surface area contributed by atoms with E-state index in [1.54, 1.807) is 0 Å². The van der Waals surface area contributed by atoms with Crippen molar-refractivity contribution in [2.24, 2.45) is 0 Å². The summed E-state index contributed by atoms with van der Waals surface area (Å²) in [5.74, 6) is 0. The molecule has 0 N–H and O–H groups in total. The van der Waals surface area contributed by atoms with Crippen LogP contribution in [0.15, 0.2) is 176 Å². The van der Waals surface area contributed by atoms with E-state index < -0.39 is 0 Å². The maximum atomic E-state index is 2.42. The molecule has 0 bridgehead atoms. The van der Waals surface area contributed by atoms with Crippen molar-refractivity contribution in [3.8, 4) is 22.3 Å². The summed E-state index contributed by atoms with van der Waals surface area (Å²) in [5, 5.41) is 5.05. The van der Waals surface area contributed by atoms with Crippen LogP contribution in [0.25, 0.3) is 43.8 Å². The number of hydrogen-bond acceptors (Lipinski definition) is 1. The minimum Gasteiger partial charge on any atom is -0.310 e. The highest BCUT2D eigenvalue weighted by Gasteiger charge is 2.51. The van der Waals surface area contributed by atoms with Gasteiger partial charge in [-0.15, -0.1) is 0 Å². The molecule has 0 unspecified atom stereocenters. The topological polar surface area (TPSA) is 3.24 Å². The monoisotopic (exact) mass is 583 g/mol. The SMILES string of the molecule is c1ccc(N(c2ccc3c(c2)-c2ccccc2C32c3ccccc3-c3ccccc32)c2ccc3ccc4ccccc4c3c2)cc1. The molecule has 8 aromatic carbocycles. The zero-order chi connectivity index (χ0) is 30.2. The van der Waals surface area contributed by atoms with Crippen LogP contribution in [-0.2, 0) is 5.41 Å². The van der Waals surface area contributed by atoms with E-state index in [4.69, 9.17) is 0 Å². The fourth-order valence-corrected chi connectivity index (χ4v) is 8.38. The lowest BCUT2D eigenvalue weighted by Crippen LogP contribution is -2.25. The molecule has 10 rings (SSSR count). The predicted octanol–water partition coefficient (Wildman–Crippen LogP) is 11.8. The van der Waals surface area contributed by atoms with E-state index in [2.05, 4.69) is 181 Å². The van der Waals surface area contributed by atoms with Crippen LogP contribution in [0.5, 0.6) is 0 Å². The van der Waals surface area contributed by atoms with Gasteiger partial charge >= 0.3 is 0 Å². The molecule has 1 heteroatoms. The van der Waals surface area contributed by atoms with Gasteiger partial charge in [0.25, 0.3) is 0 Å². The number of para-hydroxylation sites is 1. The van der Waals surface area contributed by atoms with Crippen molar-refractivity contribution in [1.82, 2.24) is 0 Å². The molecule has 0 aromatic heterocycles. The van der Waals surface area contributed by atoms with Crippen molar-refractivity contribution < 1.29 is 0 Å². The first kappa shape index (κ1) is 25.4. The van der Waals surface area contributed by atoms with Gasteiger partial charge in [-0.2, -0.15) is 0 Å². The predicted molar refractivity (Wildman–Crippen MR) is 192 cm³/mol. The number of rotatable bonds is 3. The molecule has 46 heavy (non-hydrogen) atoms. The third-order valence-electron chi connectivity index (χ3n) is 10.2. The Bertz CT molecular complexity index is 2440. The molecule has 0 heterocycles. The van der Waals surface area contributed by atoms with E-state index in [9.17, 15) is 0 Å². The molecule has 0 atom stereocenters. The second kappa shape index (κ2) is 9.54. The van der Waals surface area contributed by atoms with Crippen LogP contribution in [0, 0.1) is 0 Å². The molecule has 1 nitrogen and oxygen atoms in total.